The minimum Gasteiger partial charge on any atom is -0.339 e. The zero-order valence-electron chi connectivity index (χ0n) is 20.4. The van der Waals surface area contributed by atoms with E-state index in [4.69, 9.17) is 4.52 Å². The van der Waals surface area contributed by atoms with E-state index in [1.165, 1.54) is 21.2 Å². The Hall–Kier alpha value is -2.56. The summed E-state index contributed by atoms with van der Waals surface area (Å²) in [6.45, 7) is 8.45. The average molecular weight is 515 g/mol. The van der Waals surface area contributed by atoms with Crippen molar-refractivity contribution in [2.24, 2.45) is 5.92 Å². The predicted octanol–water partition coefficient (Wildman–Crippen LogP) is 4.61. The van der Waals surface area contributed by atoms with Gasteiger partial charge in [-0.1, -0.05) is 37.2 Å². The van der Waals surface area contributed by atoms with Gasteiger partial charge in [-0.2, -0.15) is 9.29 Å². The highest BCUT2D eigenvalue weighted by Gasteiger charge is 2.38. The normalized spacial score (nSPS) is 19.5. The molecule has 186 valence electrons. The van der Waals surface area contributed by atoms with Gasteiger partial charge in [0.05, 0.1) is 9.77 Å². The average Bonchev–Trinajstić information content (AvgIpc) is 3.55. The number of hydrogen-bond donors (Lipinski definition) is 0. The summed E-state index contributed by atoms with van der Waals surface area (Å²) >= 11 is 1.35. The maximum absolute atomic E-state index is 13.5. The van der Waals surface area contributed by atoms with Crippen molar-refractivity contribution in [3.05, 3.63) is 46.7 Å². The van der Waals surface area contributed by atoms with Crippen LogP contribution in [0.2, 0.25) is 0 Å². The largest absolute Gasteiger partial charge is 0.339 e. The fraction of sp³-hybridized carbons (Fsp3) is 0.480. The molecule has 0 bridgehead atoms. The van der Waals surface area contributed by atoms with Crippen LogP contribution < -0.4 is 4.90 Å². The topological polar surface area (TPSA) is 96.6 Å². The van der Waals surface area contributed by atoms with Gasteiger partial charge in [0.15, 0.2) is 0 Å². The number of anilines is 1. The second-order valence-corrected chi connectivity index (χ2v) is 12.9. The molecule has 1 amide bonds. The Morgan fingerprint density at radius 3 is 2.60 bits per heavy atom. The number of rotatable bonds is 5. The number of benzene rings is 1. The summed E-state index contributed by atoms with van der Waals surface area (Å²) in [7, 11) is -3.68. The molecule has 0 spiro atoms. The van der Waals surface area contributed by atoms with Crippen molar-refractivity contribution in [3.8, 4) is 10.7 Å². The van der Waals surface area contributed by atoms with Crippen LogP contribution in [0, 0.1) is 12.8 Å². The Morgan fingerprint density at radius 1 is 1.20 bits per heavy atom. The van der Waals surface area contributed by atoms with Crippen molar-refractivity contribution in [3.63, 3.8) is 0 Å². The summed E-state index contributed by atoms with van der Waals surface area (Å²) in [6.07, 6.45) is 1.89. The van der Waals surface area contributed by atoms with Crippen LogP contribution in [0.4, 0.5) is 5.69 Å². The van der Waals surface area contributed by atoms with Gasteiger partial charge in [0.25, 0.3) is 0 Å². The number of aromatic nitrogens is 2. The molecule has 0 radical (unpaired) electrons. The van der Waals surface area contributed by atoms with Crippen LogP contribution in [-0.4, -0.2) is 47.9 Å². The highest BCUT2D eigenvalue weighted by Crippen LogP contribution is 2.37. The van der Waals surface area contributed by atoms with E-state index in [9.17, 15) is 13.2 Å². The summed E-state index contributed by atoms with van der Waals surface area (Å²) in [4.78, 5) is 21.4. The number of sulfonamides is 1. The van der Waals surface area contributed by atoms with E-state index in [1.807, 2.05) is 36.9 Å². The third-order valence-electron chi connectivity index (χ3n) is 6.89. The molecule has 0 aliphatic carbocycles. The molecule has 1 unspecified atom stereocenters. The first kappa shape index (κ1) is 24.1. The number of fused-ring (bicyclic) bond motifs is 1. The molecule has 8 nitrogen and oxygen atoms in total. The number of hydrogen-bond acceptors (Lipinski definition) is 7. The van der Waals surface area contributed by atoms with Crippen molar-refractivity contribution in [2.75, 3.05) is 18.0 Å². The summed E-state index contributed by atoms with van der Waals surface area (Å²) in [5.41, 5.74) is 2.18. The highest BCUT2D eigenvalue weighted by molar-refractivity contribution is 7.89. The fourth-order valence-electron chi connectivity index (χ4n) is 4.98. The van der Waals surface area contributed by atoms with Crippen molar-refractivity contribution in [2.45, 2.75) is 63.8 Å². The number of nitrogens with zero attached hydrogens (tertiary/aromatic N) is 4. The first-order valence-electron chi connectivity index (χ1n) is 12.0. The third kappa shape index (κ3) is 4.32. The number of amides is 1. The predicted molar refractivity (Wildman–Crippen MR) is 135 cm³/mol. The van der Waals surface area contributed by atoms with Crippen molar-refractivity contribution in [1.29, 1.82) is 0 Å². The van der Waals surface area contributed by atoms with Crippen LogP contribution in [0.15, 0.2) is 39.8 Å². The van der Waals surface area contributed by atoms with Crippen LogP contribution in [0.25, 0.3) is 10.7 Å². The Morgan fingerprint density at radius 2 is 1.91 bits per heavy atom. The molecule has 3 aromatic rings. The number of aryl methyl sites for hydroxylation is 1. The number of thiophene rings is 1. The van der Waals surface area contributed by atoms with Crippen molar-refractivity contribution >= 4 is 33.0 Å². The smallest absolute Gasteiger partial charge is 0.244 e. The molecule has 2 aliphatic rings. The van der Waals surface area contributed by atoms with E-state index in [1.54, 1.807) is 13.0 Å². The Labute approximate surface area is 210 Å². The van der Waals surface area contributed by atoms with Gasteiger partial charge in [-0.25, -0.2) is 8.42 Å². The lowest BCUT2D eigenvalue weighted by molar-refractivity contribution is -0.123. The molecule has 2 aliphatic heterocycles. The van der Waals surface area contributed by atoms with Gasteiger partial charge >= 0.3 is 0 Å². The van der Waals surface area contributed by atoms with Gasteiger partial charge in [0, 0.05) is 41.5 Å². The number of para-hydroxylation sites is 1. The fourth-order valence-corrected chi connectivity index (χ4v) is 7.94. The van der Waals surface area contributed by atoms with Gasteiger partial charge in [-0.3, -0.25) is 4.79 Å². The quantitative estimate of drug-likeness (QED) is 0.493. The molecule has 1 saturated heterocycles. The lowest BCUT2D eigenvalue weighted by Gasteiger charge is -2.34. The molecule has 4 heterocycles. The summed E-state index contributed by atoms with van der Waals surface area (Å²) in [5.74, 6) is 0.959. The number of carbonyl (C=O) groups is 1. The second kappa shape index (κ2) is 9.15. The van der Waals surface area contributed by atoms with Crippen molar-refractivity contribution < 1.29 is 17.7 Å². The standard InChI is InChI=1S/C25H30N4O4S2/c1-15(2)24-26-23(27-33-24)21-14-22(17(4)34-21)35(31,32)28-11-9-18(10-12-28)25(30)29-16(3)13-19-7-5-6-8-20(19)29/h5-8,14-16,18H,9-13H2,1-4H3. The third-order valence-corrected chi connectivity index (χ3v) is 10.1. The van der Waals surface area contributed by atoms with Crippen LogP contribution in [0.5, 0.6) is 0 Å². The van der Waals surface area contributed by atoms with Crippen LogP contribution >= 0.6 is 11.3 Å². The van der Waals surface area contributed by atoms with Gasteiger partial charge in [0.1, 0.15) is 0 Å². The molecule has 10 heteroatoms. The summed E-state index contributed by atoms with van der Waals surface area (Å²) < 4.78 is 33.8. The minimum absolute atomic E-state index is 0.0987. The van der Waals surface area contributed by atoms with Crippen LogP contribution in [0.1, 0.15) is 55.9 Å². The highest BCUT2D eigenvalue weighted by atomic mass is 32.2. The Bertz CT molecular complexity index is 1350. The van der Waals surface area contributed by atoms with E-state index in [-0.39, 0.29) is 28.7 Å². The maximum atomic E-state index is 13.5. The molecular weight excluding hydrogens is 484 g/mol. The monoisotopic (exact) mass is 514 g/mol. The Kier molecular flexibility index (Phi) is 6.31. The molecule has 1 fully saturated rings. The number of piperidine rings is 1. The van der Waals surface area contributed by atoms with Gasteiger partial charge in [-0.05, 0) is 50.8 Å². The lowest BCUT2D eigenvalue weighted by Crippen LogP contribution is -2.46. The lowest BCUT2D eigenvalue weighted by atomic mass is 9.96. The second-order valence-electron chi connectivity index (χ2n) is 9.71. The molecule has 35 heavy (non-hydrogen) atoms. The molecular formula is C25H30N4O4S2. The van der Waals surface area contributed by atoms with E-state index in [2.05, 4.69) is 23.1 Å². The molecule has 5 rings (SSSR count). The molecule has 1 aromatic carbocycles. The Balaban J connectivity index is 1.29. The SMILES string of the molecule is Cc1sc(-c2noc(C(C)C)n2)cc1S(=O)(=O)N1CCC(C(=O)N2c3ccccc3CC2C)CC1. The first-order chi connectivity index (χ1) is 16.7. The van der Waals surface area contributed by atoms with Crippen molar-refractivity contribution in [1.82, 2.24) is 14.4 Å². The zero-order chi connectivity index (χ0) is 24.9. The summed E-state index contributed by atoms with van der Waals surface area (Å²) in [5, 5.41) is 4.02. The summed E-state index contributed by atoms with van der Waals surface area (Å²) in [6, 6.07) is 9.80. The maximum Gasteiger partial charge on any atom is 0.244 e. The van der Waals surface area contributed by atoms with E-state index in [0.29, 0.717) is 47.4 Å². The molecule has 2 aromatic heterocycles. The van der Waals surface area contributed by atoms with E-state index in [0.717, 1.165) is 12.1 Å². The van der Waals surface area contributed by atoms with Crippen LogP contribution in [0.3, 0.4) is 0 Å². The molecule has 0 saturated carbocycles. The van der Waals surface area contributed by atoms with Gasteiger partial charge in [0.2, 0.25) is 27.6 Å². The van der Waals surface area contributed by atoms with Gasteiger partial charge < -0.3 is 9.42 Å². The van der Waals surface area contributed by atoms with Crippen LogP contribution in [-0.2, 0) is 21.2 Å². The minimum atomic E-state index is -3.68. The van der Waals surface area contributed by atoms with E-state index < -0.39 is 10.0 Å². The molecule has 1 atom stereocenters. The first-order valence-corrected chi connectivity index (χ1v) is 14.3. The van der Waals surface area contributed by atoms with E-state index >= 15 is 0 Å². The van der Waals surface area contributed by atoms with Gasteiger partial charge in [-0.15, -0.1) is 11.3 Å². The zero-order valence-corrected chi connectivity index (χ0v) is 22.0. The number of carbonyl (C=O) groups excluding carboxylic acids is 1. The molecule has 0 N–H and O–H groups in total.